The molecule has 0 unspecified atom stereocenters. The highest BCUT2D eigenvalue weighted by Gasteiger charge is 2.26. The third kappa shape index (κ3) is 7.73. The van der Waals surface area contributed by atoms with Gasteiger partial charge in [-0.3, -0.25) is 9.59 Å². The Hall–Kier alpha value is -3.42. The van der Waals surface area contributed by atoms with Crippen LogP contribution in [0.2, 0.25) is 0 Å². The molecule has 166 valence electrons. The van der Waals surface area contributed by atoms with Gasteiger partial charge in [0.05, 0.1) is 6.61 Å². The lowest BCUT2D eigenvalue weighted by Gasteiger charge is -2.21. The molecule has 2 amide bonds. The molecule has 1 atom stereocenters. The maximum Gasteiger partial charge on any atom is 0.329 e. The van der Waals surface area contributed by atoms with Crippen LogP contribution in [0.4, 0.5) is 4.39 Å². The first-order chi connectivity index (χ1) is 14.8. The summed E-state index contributed by atoms with van der Waals surface area (Å²) in [7, 11) is 0. The lowest BCUT2D eigenvalue weighted by molar-refractivity contribution is -0.151. The molecular formula is C23H27FN2O5. The smallest absolute Gasteiger partial charge is 0.329 e. The second-order valence-corrected chi connectivity index (χ2v) is 7.16. The number of esters is 1. The van der Waals surface area contributed by atoms with E-state index in [0.29, 0.717) is 23.5 Å². The van der Waals surface area contributed by atoms with Gasteiger partial charge in [0.25, 0.3) is 11.8 Å². The van der Waals surface area contributed by atoms with Gasteiger partial charge in [-0.2, -0.15) is 0 Å². The number of amides is 2. The second kappa shape index (κ2) is 11.7. The monoisotopic (exact) mass is 430 g/mol. The Kier molecular flexibility index (Phi) is 8.99. The molecule has 0 aliphatic rings. The summed E-state index contributed by atoms with van der Waals surface area (Å²) in [6.45, 7) is 5.60. The highest BCUT2D eigenvalue weighted by molar-refractivity contribution is 5.97. The first-order valence-corrected chi connectivity index (χ1v) is 10.0. The number of rotatable bonds is 10. The quantitative estimate of drug-likeness (QED) is 0.566. The average molecular weight is 430 g/mol. The highest BCUT2D eigenvalue weighted by atomic mass is 19.1. The van der Waals surface area contributed by atoms with Crippen LogP contribution < -0.4 is 15.4 Å². The molecule has 0 bridgehead atoms. The van der Waals surface area contributed by atoms with Crippen molar-refractivity contribution in [2.45, 2.75) is 33.4 Å². The van der Waals surface area contributed by atoms with Crippen LogP contribution in [0, 0.1) is 11.7 Å². The van der Waals surface area contributed by atoms with Crippen molar-refractivity contribution in [2.75, 3.05) is 13.2 Å². The molecule has 31 heavy (non-hydrogen) atoms. The molecule has 2 aromatic carbocycles. The van der Waals surface area contributed by atoms with Gasteiger partial charge < -0.3 is 20.1 Å². The average Bonchev–Trinajstić information content (AvgIpc) is 2.75. The largest absolute Gasteiger partial charge is 0.494 e. The number of carbonyl (C=O) groups excluding carboxylic acids is 3. The van der Waals surface area contributed by atoms with E-state index >= 15 is 0 Å². The fourth-order valence-electron chi connectivity index (χ4n) is 2.67. The summed E-state index contributed by atoms with van der Waals surface area (Å²) in [5.41, 5.74) is 1.09. The Morgan fingerprint density at radius 3 is 2.23 bits per heavy atom. The fraction of sp³-hybridized carbons (Fsp3) is 0.348. The van der Waals surface area contributed by atoms with E-state index in [1.165, 1.54) is 12.1 Å². The highest BCUT2D eigenvalue weighted by Crippen LogP contribution is 2.13. The van der Waals surface area contributed by atoms with E-state index in [2.05, 4.69) is 10.6 Å². The third-order valence-electron chi connectivity index (χ3n) is 4.38. The van der Waals surface area contributed by atoms with Crippen LogP contribution >= 0.6 is 0 Å². The van der Waals surface area contributed by atoms with E-state index < -0.39 is 30.4 Å². The van der Waals surface area contributed by atoms with Gasteiger partial charge in [0.15, 0.2) is 6.61 Å². The summed E-state index contributed by atoms with van der Waals surface area (Å²) < 4.78 is 23.3. The van der Waals surface area contributed by atoms with Crippen molar-refractivity contribution >= 4 is 17.8 Å². The molecule has 2 aromatic rings. The van der Waals surface area contributed by atoms with Crippen molar-refractivity contribution < 1.29 is 28.2 Å². The Morgan fingerprint density at radius 2 is 1.65 bits per heavy atom. The predicted molar refractivity (Wildman–Crippen MR) is 113 cm³/mol. The van der Waals surface area contributed by atoms with Gasteiger partial charge in [-0.15, -0.1) is 0 Å². The van der Waals surface area contributed by atoms with Crippen molar-refractivity contribution in [3.8, 4) is 5.75 Å². The lowest BCUT2D eigenvalue weighted by atomic mass is 10.0. The van der Waals surface area contributed by atoms with E-state index in [1.54, 1.807) is 50.2 Å². The zero-order valence-electron chi connectivity index (χ0n) is 17.8. The van der Waals surface area contributed by atoms with Crippen LogP contribution in [-0.2, 0) is 20.9 Å². The second-order valence-electron chi connectivity index (χ2n) is 7.16. The molecule has 0 aliphatic heterocycles. The SMILES string of the molecule is CCOc1ccc(C(=O)N[C@H](C(=O)OCC(=O)NCc2ccc(F)cc2)C(C)C)cc1. The first kappa shape index (κ1) is 23.9. The molecule has 0 spiro atoms. The van der Waals surface area contributed by atoms with E-state index in [0.717, 1.165) is 0 Å². The number of carbonyl (C=O) groups is 3. The number of hydrogen-bond donors (Lipinski definition) is 2. The zero-order chi connectivity index (χ0) is 22.8. The molecule has 7 nitrogen and oxygen atoms in total. The van der Waals surface area contributed by atoms with Gasteiger partial charge >= 0.3 is 5.97 Å². The van der Waals surface area contributed by atoms with Gasteiger partial charge in [-0.25, -0.2) is 9.18 Å². The van der Waals surface area contributed by atoms with Crippen molar-refractivity contribution in [2.24, 2.45) is 5.92 Å². The van der Waals surface area contributed by atoms with E-state index in [-0.39, 0.29) is 18.3 Å². The minimum absolute atomic E-state index is 0.179. The normalized spacial score (nSPS) is 11.5. The number of benzene rings is 2. The minimum atomic E-state index is -0.913. The summed E-state index contributed by atoms with van der Waals surface area (Å²) in [6, 6.07) is 11.3. The maximum absolute atomic E-state index is 12.9. The number of halogens is 1. The van der Waals surface area contributed by atoms with Crippen LogP contribution in [-0.4, -0.2) is 37.0 Å². The van der Waals surface area contributed by atoms with Gasteiger partial charge in [0.1, 0.15) is 17.6 Å². The Morgan fingerprint density at radius 1 is 1.00 bits per heavy atom. The van der Waals surface area contributed by atoms with E-state index in [4.69, 9.17) is 9.47 Å². The molecule has 0 heterocycles. The Bertz CT molecular complexity index is 882. The van der Waals surface area contributed by atoms with E-state index in [1.807, 2.05) is 6.92 Å². The topological polar surface area (TPSA) is 93.7 Å². The van der Waals surface area contributed by atoms with Crippen LogP contribution in [0.15, 0.2) is 48.5 Å². The van der Waals surface area contributed by atoms with Gasteiger partial charge in [0.2, 0.25) is 0 Å². The summed E-state index contributed by atoms with van der Waals surface area (Å²) in [4.78, 5) is 36.9. The molecule has 0 saturated carbocycles. The predicted octanol–water partition coefficient (Wildman–Crippen LogP) is 2.84. The minimum Gasteiger partial charge on any atom is -0.494 e. The van der Waals surface area contributed by atoms with Crippen molar-refractivity contribution in [1.29, 1.82) is 0 Å². The molecular weight excluding hydrogens is 403 g/mol. The molecule has 2 rings (SSSR count). The molecule has 0 aromatic heterocycles. The van der Waals surface area contributed by atoms with E-state index in [9.17, 15) is 18.8 Å². The van der Waals surface area contributed by atoms with Crippen molar-refractivity contribution in [3.63, 3.8) is 0 Å². The van der Waals surface area contributed by atoms with Crippen LogP contribution in [0.5, 0.6) is 5.75 Å². The molecule has 8 heteroatoms. The van der Waals surface area contributed by atoms with Crippen LogP contribution in [0.1, 0.15) is 36.7 Å². The maximum atomic E-state index is 12.9. The third-order valence-corrected chi connectivity index (χ3v) is 4.38. The fourth-order valence-corrected chi connectivity index (χ4v) is 2.67. The zero-order valence-corrected chi connectivity index (χ0v) is 17.8. The van der Waals surface area contributed by atoms with Gasteiger partial charge in [-0.1, -0.05) is 26.0 Å². The van der Waals surface area contributed by atoms with Crippen LogP contribution in [0.25, 0.3) is 0 Å². The lowest BCUT2D eigenvalue weighted by Crippen LogP contribution is -2.46. The van der Waals surface area contributed by atoms with Crippen molar-refractivity contribution in [3.05, 3.63) is 65.5 Å². The molecule has 2 N–H and O–H groups in total. The summed E-state index contributed by atoms with van der Waals surface area (Å²) in [5.74, 6) is -1.60. The van der Waals surface area contributed by atoms with Gasteiger partial charge in [0, 0.05) is 12.1 Å². The first-order valence-electron chi connectivity index (χ1n) is 10.0. The van der Waals surface area contributed by atoms with Gasteiger partial charge in [-0.05, 0) is 54.8 Å². The summed E-state index contributed by atoms with van der Waals surface area (Å²) in [5, 5.41) is 5.24. The molecule has 0 fully saturated rings. The summed E-state index contributed by atoms with van der Waals surface area (Å²) >= 11 is 0. The Balaban J connectivity index is 1.85. The van der Waals surface area contributed by atoms with Crippen molar-refractivity contribution in [1.82, 2.24) is 10.6 Å². The number of ether oxygens (including phenoxy) is 2. The number of hydrogen-bond acceptors (Lipinski definition) is 5. The molecule has 0 aliphatic carbocycles. The standard InChI is InChI=1S/C23H27FN2O5/c1-4-30-19-11-7-17(8-12-19)22(28)26-21(15(2)3)23(29)31-14-20(27)25-13-16-5-9-18(24)10-6-16/h5-12,15,21H,4,13-14H2,1-3H3,(H,25,27)(H,26,28)/t21-/m0/s1. The molecule has 0 saturated heterocycles. The van der Waals surface area contributed by atoms with Crippen LogP contribution in [0.3, 0.4) is 0 Å². The summed E-state index contributed by atoms with van der Waals surface area (Å²) in [6.07, 6.45) is 0. The Labute approximate surface area is 180 Å². The number of nitrogens with one attached hydrogen (secondary N) is 2. The molecule has 0 radical (unpaired) electrons.